The number of carbonyl (C=O) groups excluding carboxylic acids is 1. The number of thiophene rings is 1. The highest BCUT2D eigenvalue weighted by Crippen LogP contribution is 2.28. The maximum Gasteiger partial charge on any atom is 0.407 e. The Morgan fingerprint density at radius 2 is 2.11 bits per heavy atom. The molecule has 7 heteroatoms. The van der Waals surface area contributed by atoms with Crippen molar-refractivity contribution in [1.82, 2.24) is 5.32 Å². The van der Waals surface area contributed by atoms with E-state index in [2.05, 4.69) is 5.32 Å². The monoisotopic (exact) mass is 307 g/mol. The second-order valence-corrected chi connectivity index (χ2v) is 6.78. The van der Waals surface area contributed by atoms with Crippen molar-refractivity contribution < 1.29 is 19.7 Å². The summed E-state index contributed by atoms with van der Waals surface area (Å²) < 4.78 is 5.55. The van der Waals surface area contributed by atoms with E-state index in [1.54, 1.807) is 32.9 Å². The normalized spacial score (nSPS) is 14.8. The van der Waals surface area contributed by atoms with Gasteiger partial charge in [-0.3, -0.25) is 0 Å². The molecule has 2 atom stereocenters. The lowest BCUT2D eigenvalue weighted by Gasteiger charge is -2.21. The quantitative estimate of drug-likeness (QED) is 0.797. The molecule has 108 valence electrons. The van der Waals surface area contributed by atoms with Crippen molar-refractivity contribution in [3.8, 4) is 0 Å². The van der Waals surface area contributed by atoms with Crippen LogP contribution in [0.25, 0.3) is 0 Å². The number of alkyl carbamates (subject to hydrolysis) is 1. The molecule has 3 N–H and O–H groups in total. The molecule has 0 aliphatic carbocycles. The van der Waals surface area contributed by atoms with E-state index < -0.39 is 23.9 Å². The van der Waals surface area contributed by atoms with Gasteiger partial charge in [0.15, 0.2) is 0 Å². The number of halogens is 1. The van der Waals surface area contributed by atoms with Crippen molar-refractivity contribution >= 4 is 29.0 Å². The minimum absolute atomic E-state index is 0.106. The SMILES string of the molecule is CC(C)(C)OC(=O)NCC(O)C(O)c1ccc(Cl)s1. The molecular weight excluding hydrogens is 290 g/mol. The van der Waals surface area contributed by atoms with E-state index in [0.29, 0.717) is 9.21 Å². The summed E-state index contributed by atoms with van der Waals surface area (Å²) in [6, 6.07) is 3.27. The van der Waals surface area contributed by atoms with Crippen molar-refractivity contribution in [1.29, 1.82) is 0 Å². The van der Waals surface area contributed by atoms with Crippen LogP contribution in [-0.4, -0.2) is 34.6 Å². The molecule has 1 aromatic rings. The van der Waals surface area contributed by atoms with Gasteiger partial charge >= 0.3 is 6.09 Å². The molecule has 0 aliphatic rings. The zero-order chi connectivity index (χ0) is 14.6. The van der Waals surface area contributed by atoms with Gasteiger partial charge in [0.05, 0.1) is 4.34 Å². The predicted molar refractivity (Wildman–Crippen MR) is 74.5 cm³/mol. The van der Waals surface area contributed by atoms with Crippen LogP contribution in [0.1, 0.15) is 31.8 Å². The minimum Gasteiger partial charge on any atom is -0.444 e. The Morgan fingerprint density at radius 3 is 2.58 bits per heavy atom. The minimum atomic E-state index is -1.12. The molecule has 0 bridgehead atoms. The zero-order valence-electron chi connectivity index (χ0n) is 11.0. The first kappa shape index (κ1) is 16.2. The van der Waals surface area contributed by atoms with Crippen LogP contribution in [0.5, 0.6) is 0 Å². The third-order valence-electron chi connectivity index (χ3n) is 2.10. The molecule has 0 saturated heterocycles. The number of aliphatic hydroxyl groups is 2. The lowest BCUT2D eigenvalue weighted by atomic mass is 10.1. The van der Waals surface area contributed by atoms with Gasteiger partial charge in [0.1, 0.15) is 17.8 Å². The highest BCUT2D eigenvalue weighted by molar-refractivity contribution is 7.16. The molecule has 0 aliphatic heterocycles. The Kier molecular flexibility index (Phi) is 5.61. The summed E-state index contributed by atoms with van der Waals surface area (Å²) in [5.41, 5.74) is -0.602. The van der Waals surface area contributed by atoms with Crippen LogP contribution in [0.15, 0.2) is 12.1 Å². The summed E-state index contributed by atoms with van der Waals surface area (Å²) in [6.07, 6.45) is -2.85. The van der Waals surface area contributed by atoms with Crippen LogP contribution in [0.3, 0.4) is 0 Å². The first-order valence-corrected chi connectivity index (χ1v) is 6.96. The van der Waals surface area contributed by atoms with Gasteiger partial charge in [-0.15, -0.1) is 11.3 Å². The fourth-order valence-corrected chi connectivity index (χ4v) is 2.40. The molecule has 5 nitrogen and oxygen atoms in total. The number of rotatable bonds is 4. The van der Waals surface area contributed by atoms with Crippen molar-refractivity contribution in [2.24, 2.45) is 0 Å². The largest absolute Gasteiger partial charge is 0.444 e. The number of ether oxygens (including phenoxy) is 1. The summed E-state index contributed by atoms with van der Waals surface area (Å²) in [5, 5.41) is 22.0. The van der Waals surface area contributed by atoms with Crippen LogP contribution < -0.4 is 5.32 Å². The Hall–Kier alpha value is -0.820. The van der Waals surface area contributed by atoms with Gasteiger partial charge in [-0.1, -0.05) is 11.6 Å². The first-order chi connectivity index (χ1) is 8.69. The Morgan fingerprint density at radius 1 is 1.47 bits per heavy atom. The van der Waals surface area contributed by atoms with E-state index >= 15 is 0 Å². The van der Waals surface area contributed by atoms with Gasteiger partial charge in [-0.05, 0) is 32.9 Å². The van der Waals surface area contributed by atoms with Gasteiger partial charge in [0.2, 0.25) is 0 Å². The second kappa shape index (κ2) is 6.56. The zero-order valence-corrected chi connectivity index (χ0v) is 12.6. The molecule has 0 aromatic carbocycles. The van der Waals surface area contributed by atoms with E-state index in [9.17, 15) is 15.0 Å². The molecule has 2 unspecified atom stereocenters. The van der Waals surface area contributed by atoms with Crippen LogP contribution in [-0.2, 0) is 4.74 Å². The smallest absolute Gasteiger partial charge is 0.407 e. The topological polar surface area (TPSA) is 78.8 Å². The van der Waals surface area contributed by atoms with Crippen molar-refractivity contribution in [2.75, 3.05) is 6.54 Å². The average Bonchev–Trinajstić information content (AvgIpc) is 2.69. The molecule has 0 spiro atoms. The Bertz CT molecular complexity index is 430. The van der Waals surface area contributed by atoms with E-state index in [4.69, 9.17) is 16.3 Å². The second-order valence-electron chi connectivity index (χ2n) is 5.04. The van der Waals surface area contributed by atoms with Crippen molar-refractivity contribution in [3.63, 3.8) is 0 Å². The summed E-state index contributed by atoms with van der Waals surface area (Å²) in [6.45, 7) is 5.12. The van der Waals surface area contributed by atoms with Crippen LogP contribution >= 0.6 is 22.9 Å². The number of hydrogen-bond acceptors (Lipinski definition) is 5. The van der Waals surface area contributed by atoms with E-state index in [0.717, 1.165) is 0 Å². The lowest BCUT2D eigenvalue weighted by Crippen LogP contribution is -2.38. The van der Waals surface area contributed by atoms with Crippen LogP contribution in [0.2, 0.25) is 4.34 Å². The summed E-state index contributed by atoms with van der Waals surface area (Å²) in [7, 11) is 0. The average molecular weight is 308 g/mol. The number of nitrogens with one attached hydrogen (secondary N) is 1. The van der Waals surface area contributed by atoms with Crippen LogP contribution in [0, 0.1) is 0 Å². The molecule has 0 saturated carbocycles. The molecule has 1 rings (SSSR count). The van der Waals surface area contributed by atoms with Gasteiger partial charge in [-0.2, -0.15) is 0 Å². The van der Waals surface area contributed by atoms with Gasteiger partial charge in [0.25, 0.3) is 0 Å². The fourth-order valence-electron chi connectivity index (χ4n) is 1.29. The molecule has 1 heterocycles. The number of amides is 1. The third kappa shape index (κ3) is 5.78. The molecule has 19 heavy (non-hydrogen) atoms. The Labute approximate surface area is 121 Å². The van der Waals surface area contributed by atoms with E-state index in [1.165, 1.54) is 11.3 Å². The summed E-state index contributed by atoms with van der Waals surface area (Å²) in [4.78, 5) is 11.9. The standard InChI is InChI=1S/C12H18ClNO4S/c1-12(2,3)18-11(17)14-6-7(15)10(16)8-4-5-9(13)19-8/h4-5,7,10,15-16H,6H2,1-3H3,(H,14,17). The summed E-state index contributed by atoms with van der Waals surface area (Å²) >= 11 is 6.93. The first-order valence-electron chi connectivity index (χ1n) is 5.77. The van der Waals surface area contributed by atoms with Crippen molar-refractivity contribution in [3.05, 3.63) is 21.3 Å². The highest BCUT2D eigenvalue weighted by atomic mass is 35.5. The predicted octanol–water partition coefficient (Wildman–Crippen LogP) is 2.32. The number of hydrogen-bond donors (Lipinski definition) is 3. The van der Waals surface area contributed by atoms with Gasteiger partial charge in [0, 0.05) is 11.4 Å². The third-order valence-corrected chi connectivity index (χ3v) is 3.41. The molecule has 1 aromatic heterocycles. The summed E-state index contributed by atoms with van der Waals surface area (Å²) in [5.74, 6) is 0. The van der Waals surface area contributed by atoms with Crippen LogP contribution in [0.4, 0.5) is 4.79 Å². The maximum absolute atomic E-state index is 11.4. The molecular formula is C12H18ClNO4S. The lowest BCUT2D eigenvalue weighted by molar-refractivity contribution is 0.0146. The van der Waals surface area contributed by atoms with E-state index in [-0.39, 0.29) is 6.54 Å². The Balaban J connectivity index is 2.43. The number of aliphatic hydroxyl groups excluding tert-OH is 2. The highest BCUT2D eigenvalue weighted by Gasteiger charge is 2.22. The molecule has 1 amide bonds. The molecule has 0 fully saturated rings. The maximum atomic E-state index is 11.4. The number of carbonyl (C=O) groups is 1. The van der Waals surface area contributed by atoms with Gasteiger partial charge in [-0.25, -0.2) is 4.79 Å². The molecule has 0 radical (unpaired) electrons. The van der Waals surface area contributed by atoms with E-state index in [1.807, 2.05) is 0 Å². The fraction of sp³-hybridized carbons (Fsp3) is 0.583. The van der Waals surface area contributed by atoms with Crippen molar-refractivity contribution in [2.45, 2.75) is 38.6 Å². The van der Waals surface area contributed by atoms with Gasteiger partial charge < -0.3 is 20.3 Å².